The van der Waals surface area contributed by atoms with Crippen LogP contribution in [-0.4, -0.2) is 55.2 Å². The van der Waals surface area contributed by atoms with Crippen LogP contribution in [0, 0.1) is 0 Å². The van der Waals surface area contributed by atoms with E-state index >= 15 is 0 Å². The Kier molecular flexibility index (Phi) is 6.95. The Hall–Kier alpha value is -2.77. The molecule has 29 heavy (non-hydrogen) atoms. The Morgan fingerprint density at radius 1 is 1.07 bits per heavy atom. The quantitative estimate of drug-likeness (QED) is 0.710. The van der Waals surface area contributed by atoms with Crippen LogP contribution < -0.4 is 15.2 Å². The number of nitrogens with zero attached hydrogens (tertiary/aromatic N) is 1. The molecule has 0 aliphatic carbocycles. The van der Waals surface area contributed by atoms with Gasteiger partial charge in [-0.2, -0.15) is 0 Å². The summed E-state index contributed by atoms with van der Waals surface area (Å²) >= 11 is 5.89. The second kappa shape index (κ2) is 9.62. The highest BCUT2D eigenvalue weighted by Gasteiger charge is 2.41. The minimum absolute atomic E-state index is 0.0656. The first-order chi connectivity index (χ1) is 14.0. The van der Waals surface area contributed by atoms with Crippen LogP contribution in [0.3, 0.4) is 0 Å². The summed E-state index contributed by atoms with van der Waals surface area (Å²) in [6.07, 6.45) is -0.0656. The van der Waals surface area contributed by atoms with Crippen molar-refractivity contribution in [2.45, 2.75) is 12.0 Å². The lowest BCUT2D eigenvalue weighted by atomic mass is 9.97. The molecule has 1 atom stereocenters. The van der Waals surface area contributed by atoms with E-state index in [1.165, 1.54) is 0 Å². The average Bonchev–Trinajstić information content (AvgIpc) is 2.72. The summed E-state index contributed by atoms with van der Waals surface area (Å²) in [6.45, 7) is 0.822. The third kappa shape index (κ3) is 6.10. The van der Waals surface area contributed by atoms with Crippen LogP contribution >= 0.6 is 11.6 Å². The van der Waals surface area contributed by atoms with Crippen LogP contribution in [-0.2, 0) is 14.3 Å². The highest BCUT2D eigenvalue weighted by Crippen LogP contribution is 2.25. The van der Waals surface area contributed by atoms with Gasteiger partial charge in [-0.3, -0.25) is 9.59 Å². The summed E-state index contributed by atoms with van der Waals surface area (Å²) in [5.74, 6) is 0.471. The van der Waals surface area contributed by atoms with E-state index in [1.807, 2.05) is 18.2 Å². The maximum atomic E-state index is 12.6. The average molecular weight is 419 g/mol. The molecular formula is C21H23ClN2O5. The van der Waals surface area contributed by atoms with Crippen molar-refractivity contribution in [3.05, 3.63) is 59.6 Å². The molecule has 154 valence electrons. The number of halogens is 1. The van der Waals surface area contributed by atoms with Crippen molar-refractivity contribution in [2.24, 2.45) is 5.73 Å². The monoisotopic (exact) mass is 418 g/mol. The highest BCUT2D eigenvalue weighted by atomic mass is 35.5. The van der Waals surface area contributed by atoms with Gasteiger partial charge in [0.1, 0.15) is 23.7 Å². The predicted octanol–water partition coefficient (Wildman–Crippen LogP) is 2.27. The van der Waals surface area contributed by atoms with Crippen molar-refractivity contribution in [1.82, 2.24) is 4.90 Å². The van der Waals surface area contributed by atoms with E-state index in [-0.39, 0.29) is 38.7 Å². The van der Waals surface area contributed by atoms with E-state index in [1.54, 1.807) is 41.3 Å². The summed E-state index contributed by atoms with van der Waals surface area (Å²) in [4.78, 5) is 25.9. The summed E-state index contributed by atoms with van der Waals surface area (Å²) in [5.41, 5.74) is 4.41. The molecule has 0 aromatic heterocycles. The van der Waals surface area contributed by atoms with E-state index in [2.05, 4.69) is 0 Å². The van der Waals surface area contributed by atoms with Gasteiger partial charge in [0.05, 0.1) is 19.6 Å². The molecule has 1 saturated heterocycles. The Balaban J connectivity index is 1.63. The first-order valence-electron chi connectivity index (χ1n) is 9.22. The van der Waals surface area contributed by atoms with Crippen LogP contribution in [0.1, 0.15) is 6.42 Å². The fraction of sp³-hybridized carbons (Fsp3) is 0.333. The molecular weight excluding hydrogens is 396 g/mol. The minimum atomic E-state index is -1.02. The van der Waals surface area contributed by atoms with Crippen LogP contribution in [0.15, 0.2) is 54.6 Å². The van der Waals surface area contributed by atoms with Crippen molar-refractivity contribution < 1.29 is 23.8 Å². The van der Waals surface area contributed by atoms with Gasteiger partial charge >= 0.3 is 0 Å². The number of carbonyl (C=O) groups is 2. The molecule has 2 amide bonds. The van der Waals surface area contributed by atoms with Gasteiger partial charge in [-0.1, -0.05) is 29.8 Å². The van der Waals surface area contributed by atoms with Gasteiger partial charge in [0.25, 0.3) is 5.91 Å². The van der Waals surface area contributed by atoms with Crippen LogP contribution in [0.25, 0.3) is 0 Å². The number of para-hydroxylation sites is 1. The van der Waals surface area contributed by atoms with Gasteiger partial charge in [-0.15, -0.1) is 0 Å². The standard InChI is InChI=1S/C21H23ClN2O5/c22-16-6-8-18(9-7-16)28-15-21(12-19(23)25)14-24(10-11-29-21)20(26)13-27-17-4-2-1-3-5-17/h1-9H,10-15H2,(H2,23,25)/t21-/m1/s1. The summed E-state index contributed by atoms with van der Waals surface area (Å²) < 4.78 is 17.2. The zero-order valence-electron chi connectivity index (χ0n) is 15.9. The minimum Gasteiger partial charge on any atom is -0.490 e. The number of primary amides is 1. The SMILES string of the molecule is NC(=O)C[C@]1(COc2ccc(Cl)cc2)CN(C(=O)COc2ccccc2)CCO1. The summed E-state index contributed by atoms with van der Waals surface area (Å²) in [7, 11) is 0. The maximum absolute atomic E-state index is 12.6. The number of carbonyl (C=O) groups excluding carboxylic acids is 2. The number of morpholine rings is 1. The van der Waals surface area contributed by atoms with Gasteiger partial charge in [0.2, 0.25) is 5.91 Å². The second-order valence-corrected chi connectivity index (χ2v) is 7.27. The van der Waals surface area contributed by atoms with Crippen LogP contribution in [0.5, 0.6) is 11.5 Å². The number of hydrogen-bond donors (Lipinski definition) is 1. The van der Waals surface area contributed by atoms with Crippen molar-refractivity contribution in [2.75, 3.05) is 32.9 Å². The molecule has 3 rings (SSSR count). The van der Waals surface area contributed by atoms with E-state index in [0.29, 0.717) is 23.1 Å². The topological polar surface area (TPSA) is 91.1 Å². The smallest absolute Gasteiger partial charge is 0.260 e. The van der Waals surface area contributed by atoms with E-state index in [0.717, 1.165) is 0 Å². The third-order valence-corrected chi connectivity index (χ3v) is 4.77. The molecule has 2 aromatic carbocycles. The Labute approximate surface area is 174 Å². The van der Waals surface area contributed by atoms with Gasteiger partial charge in [0.15, 0.2) is 6.61 Å². The first-order valence-corrected chi connectivity index (χ1v) is 9.60. The Morgan fingerprint density at radius 3 is 2.45 bits per heavy atom. The van der Waals surface area contributed by atoms with Gasteiger partial charge in [-0.05, 0) is 36.4 Å². The summed E-state index contributed by atoms with van der Waals surface area (Å²) in [6, 6.07) is 16.0. The molecule has 2 aromatic rings. The van der Waals surface area contributed by atoms with Gasteiger partial charge in [-0.25, -0.2) is 0 Å². The fourth-order valence-corrected chi connectivity index (χ4v) is 3.25. The number of ether oxygens (including phenoxy) is 3. The molecule has 0 bridgehead atoms. The van der Waals surface area contributed by atoms with Crippen molar-refractivity contribution >= 4 is 23.4 Å². The number of benzene rings is 2. The molecule has 0 unspecified atom stereocenters. The van der Waals surface area contributed by atoms with E-state index < -0.39 is 11.5 Å². The predicted molar refractivity (Wildman–Crippen MR) is 108 cm³/mol. The second-order valence-electron chi connectivity index (χ2n) is 6.83. The lowest BCUT2D eigenvalue weighted by molar-refractivity contribution is -0.163. The van der Waals surface area contributed by atoms with Gasteiger partial charge in [0, 0.05) is 11.6 Å². The normalized spacial score (nSPS) is 18.9. The van der Waals surface area contributed by atoms with E-state index in [4.69, 9.17) is 31.5 Å². The molecule has 2 N–H and O–H groups in total. The number of nitrogens with two attached hydrogens (primary N) is 1. The molecule has 1 aliphatic rings. The molecule has 0 spiro atoms. The lowest BCUT2D eigenvalue weighted by Gasteiger charge is -2.41. The Morgan fingerprint density at radius 2 is 1.76 bits per heavy atom. The van der Waals surface area contributed by atoms with Crippen molar-refractivity contribution in [1.29, 1.82) is 0 Å². The van der Waals surface area contributed by atoms with E-state index in [9.17, 15) is 9.59 Å². The highest BCUT2D eigenvalue weighted by molar-refractivity contribution is 6.30. The molecule has 1 aliphatic heterocycles. The van der Waals surface area contributed by atoms with Crippen molar-refractivity contribution in [3.8, 4) is 11.5 Å². The third-order valence-electron chi connectivity index (χ3n) is 4.52. The Bertz CT molecular complexity index is 831. The molecule has 0 radical (unpaired) electrons. The maximum Gasteiger partial charge on any atom is 0.260 e. The fourth-order valence-electron chi connectivity index (χ4n) is 3.12. The first kappa shape index (κ1) is 21.0. The van der Waals surface area contributed by atoms with Crippen LogP contribution in [0.2, 0.25) is 5.02 Å². The van der Waals surface area contributed by atoms with Gasteiger partial charge < -0.3 is 24.8 Å². The largest absolute Gasteiger partial charge is 0.490 e. The summed E-state index contributed by atoms with van der Waals surface area (Å²) in [5, 5.41) is 0.591. The lowest BCUT2D eigenvalue weighted by Crippen LogP contribution is -2.58. The molecule has 1 heterocycles. The number of amides is 2. The van der Waals surface area contributed by atoms with Crippen LogP contribution in [0.4, 0.5) is 0 Å². The number of hydrogen-bond acceptors (Lipinski definition) is 5. The zero-order valence-corrected chi connectivity index (χ0v) is 16.6. The molecule has 1 fully saturated rings. The number of rotatable bonds is 8. The molecule has 8 heteroatoms. The van der Waals surface area contributed by atoms with Crippen molar-refractivity contribution in [3.63, 3.8) is 0 Å². The molecule has 7 nitrogen and oxygen atoms in total. The zero-order chi connectivity index (χ0) is 20.7. The molecule has 0 saturated carbocycles.